The van der Waals surface area contributed by atoms with Crippen molar-refractivity contribution in [1.29, 1.82) is 0 Å². The van der Waals surface area contributed by atoms with Gasteiger partial charge in [-0.15, -0.1) is 11.3 Å². The summed E-state index contributed by atoms with van der Waals surface area (Å²) in [6, 6.07) is 9.23. The monoisotopic (exact) mass is 382 g/mol. The molecule has 2 heterocycles. The van der Waals surface area contributed by atoms with Gasteiger partial charge in [-0.05, 0) is 55.7 Å². The first-order valence-electron chi connectivity index (χ1n) is 7.76. The smallest absolute Gasteiger partial charge is 0.250 e. The Morgan fingerprint density at radius 3 is 2.75 bits per heavy atom. The number of sulfonamides is 1. The zero-order chi connectivity index (χ0) is 17.3. The molecule has 0 amide bonds. The van der Waals surface area contributed by atoms with Gasteiger partial charge < -0.3 is 4.98 Å². The van der Waals surface area contributed by atoms with Crippen LogP contribution < -0.4 is 4.72 Å². The quantitative estimate of drug-likeness (QED) is 0.668. The van der Waals surface area contributed by atoms with Gasteiger partial charge in [0, 0.05) is 33.0 Å². The van der Waals surface area contributed by atoms with E-state index in [1.54, 1.807) is 6.07 Å². The van der Waals surface area contributed by atoms with Crippen molar-refractivity contribution in [3.8, 4) is 0 Å². The maximum Gasteiger partial charge on any atom is 0.250 e. The predicted octanol–water partition coefficient (Wildman–Crippen LogP) is 4.27. The van der Waals surface area contributed by atoms with Gasteiger partial charge in [-0.3, -0.25) is 0 Å². The van der Waals surface area contributed by atoms with Crippen molar-refractivity contribution in [3.63, 3.8) is 0 Å². The van der Waals surface area contributed by atoms with Crippen molar-refractivity contribution >= 4 is 43.9 Å². The van der Waals surface area contributed by atoms with Gasteiger partial charge in [-0.2, -0.15) is 0 Å². The van der Waals surface area contributed by atoms with Crippen LogP contribution in [0.2, 0.25) is 5.02 Å². The average molecular weight is 383 g/mol. The normalized spacial score (nSPS) is 12.1. The van der Waals surface area contributed by atoms with Crippen molar-refractivity contribution < 1.29 is 8.42 Å². The summed E-state index contributed by atoms with van der Waals surface area (Å²) in [5.41, 5.74) is 3.15. The van der Waals surface area contributed by atoms with E-state index in [0.29, 0.717) is 22.2 Å². The van der Waals surface area contributed by atoms with E-state index in [9.17, 15) is 8.42 Å². The van der Waals surface area contributed by atoms with Crippen molar-refractivity contribution in [1.82, 2.24) is 9.71 Å². The fourth-order valence-corrected chi connectivity index (χ4v) is 5.29. The molecule has 0 aliphatic heterocycles. The fraction of sp³-hybridized carbons (Fsp3) is 0.294. The van der Waals surface area contributed by atoms with Crippen LogP contribution >= 0.6 is 22.9 Å². The van der Waals surface area contributed by atoms with Gasteiger partial charge in [0.2, 0.25) is 10.0 Å². The van der Waals surface area contributed by atoms with Crippen LogP contribution in [0.3, 0.4) is 0 Å². The lowest BCUT2D eigenvalue weighted by Gasteiger charge is -2.05. The second-order valence-corrected chi connectivity index (χ2v) is 9.24. The Balaban J connectivity index is 1.74. The number of hydrogen-bond donors (Lipinski definition) is 2. The molecule has 0 atom stereocenters. The van der Waals surface area contributed by atoms with E-state index in [1.807, 2.05) is 38.1 Å². The standard InChI is InChI=1S/C17H19ClN2O2S2/c1-3-13-5-7-17(23-13)24(21,22)19-9-8-14-11(2)20-16-6-4-12(18)10-15(14)16/h4-7,10,19-20H,3,8-9H2,1-2H3. The summed E-state index contributed by atoms with van der Waals surface area (Å²) in [5, 5.41) is 1.72. The maximum atomic E-state index is 12.4. The van der Waals surface area contributed by atoms with Gasteiger partial charge in [0.25, 0.3) is 0 Å². The van der Waals surface area contributed by atoms with Gasteiger partial charge in [0.15, 0.2) is 0 Å². The lowest BCUT2D eigenvalue weighted by atomic mass is 10.1. The third-order valence-corrected chi connectivity index (χ3v) is 7.42. The zero-order valence-corrected chi connectivity index (χ0v) is 15.9. The molecule has 0 aliphatic rings. The summed E-state index contributed by atoms with van der Waals surface area (Å²) in [5.74, 6) is 0. The van der Waals surface area contributed by atoms with Crippen LogP contribution in [0, 0.1) is 6.92 Å². The molecular weight excluding hydrogens is 364 g/mol. The highest BCUT2D eigenvalue weighted by atomic mass is 35.5. The number of hydrogen-bond acceptors (Lipinski definition) is 3. The van der Waals surface area contributed by atoms with E-state index in [2.05, 4.69) is 9.71 Å². The van der Waals surface area contributed by atoms with Crippen LogP contribution in [0.15, 0.2) is 34.5 Å². The van der Waals surface area contributed by atoms with E-state index in [-0.39, 0.29) is 0 Å². The minimum Gasteiger partial charge on any atom is -0.358 e. The Morgan fingerprint density at radius 1 is 1.25 bits per heavy atom. The van der Waals surface area contributed by atoms with Crippen LogP contribution in [-0.2, 0) is 22.9 Å². The molecule has 7 heteroatoms. The summed E-state index contributed by atoms with van der Waals surface area (Å²) in [6.45, 7) is 4.35. The minimum atomic E-state index is -3.44. The van der Waals surface area contributed by atoms with Gasteiger partial charge in [-0.1, -0.05) is 18.5 Å². The number of halogens is 1. The number of benzene rings is 1. The molecule has 2 N–H and O–H groups in total. The number of aromatic amines is 1. The van der Waals surface area contributed by atoms with Crippen molar-refractivity contribution in [3.05, 3.63) is 51.5 Å². The molecule has 1 aromatic carbocycles. The Hall–Kier alpha value is -1.34. The molecular formula is C17H19ClN2O2S2. The summed E-state index contributed by atoms with van der Waals surface area (Å²) < 4.78 is 27.8. The predicted molar refractivity (Wildman–Crippen MR) is 101 cm³/mol. The van der Waals surface area contributed by atoms with Gasteiger partial charge in [-0.25, -0.2) is 13.1 Å². The minimum absolute atomic E-state index is 0.349. The average Bonchev–Trinajstić information content (AvgIpc) is 3.13. The molecule has 24 heavy (non-hydrogen) atoms. The summed E-state index contributed by atoms with van der Waals surface area (Å²) >= 11 is 7.40. The highest BCUT2D eigenvalue weighted by Crippen LogP contribution is 2.26. The molecule has 0 saturated heterocycles. The summed E-state index contributed by atoms with van der Waals surface area (Å²) in [6.07, 6.45) is 1.45. The largest absolute Gasteiger partial charge is 0.358 e. The molecule has 3 rings (SSSR count). The van der Waals surface area contributed by atoms with Gasteiger partial charge in [0.05, 0.1) is 0 Å². The molecule has 128 valence electrons. The maximum absolute atomic E-state index is 12.4. The van der Waals surface area contributed by atoms with Crippen molar-refractivity contribution in [2.45, 2.75) is 30.9 Å². The van der Waals surface area contributed by atoms with Crippen LogP contribution in [0.4, 0.5) is 0 Å². The molecule has 3 aromatic rings. The number of fused-ring (bicyclic) bond motifs is 1. The van der Waals surface area contributed by atoms with Crippen LogP contribution in [-0.4, -0.2) is 19.9 Å². The Bertz CT molecular complexity index is 974. The van der Waals surface area contributed by atoms with Crippen LogP contribution in [0.25, 0.3) is 10.9 Å². The molecule has 0 bridgehead atoms. The van der Waals surface area contributed by atoms with Crippen molar-refractivity contribution in [2.75, 3.05) is 6.54 Å². The molecule has 4 nitrogen and oxygen atoms in total. The molecule has 0 unspecified atom stereocenters. The van der Waals surface area contributed by atoms with E-state index >= 15 is 0 Å². The third kappa shape index (κ3) is 3.52. The third-order valence-electron chi connectivity index (χ3n) is 4.00. The Kier molecular flexibility index (Phi) is 5.01. The first-order valence-corrected chi connectivity index (χ1v) is 10.4. The van der Waals surface area contributed by atoms with Crippen LogP contribution in [0.1, 0.15) is 23.1 Å². The van der Waals surface area contributed by atoms with Gasteiger partial charge in [0.1, 0.15) is 4.21 Å². The molecule has 2 aromatic heterocycles. The molecule has 0 spiro atoms. The van der Waals surface area contributed by atoms with Crippen LogP contribution in [0.5, 0.6) is 0 Å². The lowest BCUT2D eigenvalue weighted by Crippen LogP contribution is -2.25. The number of rotatable bonds is 6. The number of thiophene rings is 1. The second kappa shape index (κ2) is 6.88. The Labute approximate surface area is 150 Å². The summed E-state index contributed by atoms with van der Waals surface area (Å²) in [4.78, 5) is 4.38. The first kappa shape index (κ1) is 17.5. The van der Waals surface area contributed by atoms with E-state index in [1.165, 1.54) is 11.3 Å². The number of H-pyrrole nitrogens is 1. The van der Waals surface area contributed by atoms with E-state index < -0.39 is 10.0 Å². The molecule has 0 saturated carbocycles. The van der Waals surface area contributed by atoms with Crippen molar-refractivity contribution in [2.24, 2.45) is 0 Å². The topological polar surface area (TPSA) is 62.0 Å². The second-order valence-electron chi connectivity index (χ2n) is 5.64. The lowest BCUT2D eigenvalue weighted by molar-refractivity contribution is 0.584. The SMILES string of the molecule is CCc1ccc(S(=O)(=O)NCCc2c(C)[nH]c3ccc(Cl)cc23)s1. The number of aromatic nitrogens is 1. The molecule has 0 fully saturated rings. The summed E-state index contributed by atoms with van der Waals surface area (Å²) in [7, 11) is -3.44. The fourth-order valence-electron chi connectivity index (χ4n) is 2.75. The first-order chi connectivity index (χ1) is 11.4. The van der Waals surface area contributed by atoms with E-state index in [0.717, 1.165) is 33.5 Å². The Morgan fingerprint density at radius 2 is 2.04 bits per heavy atom. The molecule has 0 radical (unpaired) electrons. The molecule has 0 aliphatic carbocycles. The van der Waals surface area contributed by atoms with Gasteiger partial charge >= 0.3 is 0 Å². The highest BCUT2D eigenvalue weighted by molar-refractivity contribution is 7.91. The number of nitrogens with one attached hydrogen (secondary N) is 2. The number of aryl methyl sites for hydroxylation is 2. The van der Waals surface area contributed by atoms with E-state index in [4.69, 9.17) is 11.6 Å². The zero-order valence-electron chi connectivity index (χ0n) is 13.5. The highest BCUT2D eigenvalue weighted by Gasteiger charge is 2.17.